The van der Waals surface area contributed by atoms with Gasteiger partial charge < -0.3 is 4.90 Å². The summed E-state index contributed by atoms with van der Waals surface area (Å²) in [5.74, 6) is 0.997. The number of benzene rings is 2. The number of hydrogen-bond donors (Lipinski definition) is 0. The minimum Gasteiger partial charge on any atom is -0.357 e. The van der Waals surface area contributed by atoms with Crippen molar-refractivity contribution >= 4 is 29.0 Å². The molecule has 180 valence electrons. The number of likely N-dealkylation sites (tertiary alicyclic amines) is 1. The number of aromatic nitrogens is 1. The van der Waals surface area contributed by atoms with Crippen LogP contribution in [0.3, 0.4) is 0 Å². The molecule has 0 bridgehead atoms. The van der Waals surface area contributed by atoms with Gasteiger partial charge in [0.05, 0.1) is 15.6 Å². The lowest BCUT2D eigenvalue weighted by Crippen LogP contribution is -2.33. The van der Waals surface area contributed by atoms with Gasteiger partial charge in [0.2, 0.25) is 0 Å². The molecule has 2 heterocycles. The van der Waals surface area contributed by atoms with Gasteiger partial charge in [-0.15, -0.1) is 0 Å². The lowest BCUT2D eigenvalue weighted by Gasteiger charge is -2.28. The predicted molar refractivity (Wildman–Crippen MR) is 132 cm³/mol. The van der Waals surface area contributed by atoms with Gasteiger partial charge in [-0.05, 0) is 48.2 Å². The first-order valence-corrected chi connectivity index (χ1v) is 12.0. The van der Waals surface area contributed by atoms with Crippen LogP contribution in [0.15, 0.2) is 66.9 Å². The van der Waals surface area contributed by atoms with Crippen LogP contribution in [0.2, 0.25) is 10.0 Å². The molecule has 1 aliphatic heterocycles. The van der Waals surface area contributed by atoms with Gasteiger partial charge >= 0.3 is 6.18 Å². The maximum atomic E-state index is 13.0. The molecule has 0 radical (unpaired) electrons. The summed E-state index contributed by atoms with van der Waals surface area (Å²) in [6.07, 6.45) is -3.49. The number of hydrogen-bond acceptors (Lipinski definition) is 3. The molecule has 4 rings (SSSR count). The third kappa shape index (κ3) is 5.85. The second-order valence-corrected chi connectivity index (χ2v) is 9.48. The van der Waals surface area contributed by atoms with Gasteiger partial charge in [-0.2, -0.15) is 13.2 Å². The van der Waals surface area contributed by atoms with Gasteiger partial charge in [-0.1, -0.05) is 59.6 Å². The topological polar surface area (TPSA) is 19.4 Å². The van der Waals surface area contributed by atoms with E-state index < -0.39 is 11.7 Å². The highest BCUT2D eigenvalue weighted by Crippen LogP contribution is 2.37. The Morgan fingerprint density at radius 1 is 1.00 bits per heavy atom. The van der Waals surface area contributed by atoms with E-state index >= 15 is 0 Å². The van der Waals surface area contributed by atoms with Crippen LogP contribution in [0.25, 0.3) is 0 Å². The highest BCUT2D eigenvalue weighted by atomic mass is 35.5. The largest absolute Gasteiger partial charge is 0.417 e. The second-order valence-electron chi connectivity index (χ2n) is 8.66. The molecule has 0 spiro atoms. The molecule has 34 heavy (non-hydrogen) atoms. The van der Waals surface area contributed by atoms with E-state index in [2.05, 4.69) is 22.0 Å². The Hall–Kier alpha value is -2.28. The number of anilines is 1. The maximum absolute atomic E-state index is 13.0. The third-order valence-corrected chi connectivity index (χ3v) is 7.11. The van der Waals surface area contributed by atoms with Crippen LogP contribution in [0.5, 0.6) is 0 Å². The van der Waals surface area contributed by atoms with E-state index in [4.69, 9.17) is 23.2 Å². The van der Waals surface area contributed by atoms with Crippen molar-refractivity contribution < 1.29 is 13.2 Å². The Kier molecular flexibility index (Phi) is 7.70. The van der Waals surface area contributed by atoms with E-state index in [0.717, 1.165) is 37.5 Å². The van der Waals surface area contributed by atoms with E-state index in [1.54, 1.807) is 0 Å². The predicted octanol–water partition coefficient (Wildman–Crippen LogP) is 7.15. The Balaban J connectivity index is 1.57. The molecule has 8 heteroatoms. The zero-order valence-corrected chi connectivity index (χ0v) is 20.3. The summed E-state index contributed by atoms with van der Waals surface area (Å²) in [6.45, 7) is 5.85. The van der Waals surface area contributed by atoms with E-state index in [1.807, 2.05) is 48.2 Å². The van der Waals surface area contributed by atoms with Crippen molar-refractivity contribution in [2.24, 2.45) is 5.92 Å². The average Bonchev–Trinajstić information content (AvgIpc) is 3.21. The highest BCUT2D eigenvalue weighted by Gasteiger charge is 2.36. The number of nitrogens with zero attached hydrogens (tertiary/aromatic N) is 3. The van der Waals surface area contributed by atoms with Gasteiger partial charge in [0, 0.05) is 44.8 Å². The molecule has 0 saturated carbocycles. The number of halogens is 5. The summed E-state index contributed by atoms with van der Waals surface area (Å²) in [7, 11) is 0. The van der Waals surface area contributed by atoms with E-state index in [1.165, 1.54) is 11.6 Å². The van der Waals surface area contributed by atoms with Crippen molar-refractivity contribution in [2.45, 2.75) is 25.6 Å². The summed E-state index contributed by atoms with van der Waals surface area (Å²) in [6, 6.07) is 18.6. The van der Waals surface area contributed by atoms with Gasteiger partial charge in [0.25, 0.3) is 0 Å². The smallest absolute Gasteiger partial charge is 0.357 e. The van der Waals surface area contributed by atoms with Crippen molar-refractivity contribution in [3.63, 3.8) is 0 Å². The van der Waals surface area contributed by atoms with Gasteiger partial charge in [0.1, 0.15) is 5.82 Å². The van der Waals surface area contributed by atoms with E-state index in [0.29, 0.717) is 29.0 Å². The molecule has 0 aliphatic carbocycles. The first-order chi connectivity index (χ1) is 16.2. The fraction of sp³-hybridized carbons (Fsp3) is 0.346. The zero-order valence-electron chi connectivity index (χ0n) is 18.8. The standard InChI is InChI=1S/C26H26Cl2F3N3/c1-2-34(25-11-9-21(13-32-25)26(29,30)31)16-20-15-33(14-18-6-4-3-5-7-18)17-22(20)19-8-10-23(27)24(28)12-19/h3-13,20,22H,2,14-17H2,1H3/t20-,22-/m1/s1. The monoisotopic (exact) mass is 507 g/mol. The molecule has 0 N–H and O–H groups in total. The summed E-state index contributed by atoms with van der Waals surface area (Å²) >= 11 is 12.5. The zero-order chi connectivity index (χ0) is 24.3. The quantitative estimate of drug-likeness (QED) is 0.338. The number of pyridine rings is 1. The molecule has 3 nitrogen and oxygen atoms in total. The SMILES string of the molecule is CCN(C[C@H]1CN(Cc2ccccc2)C[C@@H]1c1ccc(Cl)c(Cl)c1)c1ccc(C(F)(F)F)cn1. The normalized spacial score (nSPS) is 18.9. The minimum atomic E-state index is -4.40. The van der Waals surface area contributed by atoms with Gasteiger partial charge in [-0.3, -0.25) is 4.90 Å². The summed E-state index contributed by atoms with van der Waals surface area (Å²) in [5.41, 5.74) is 1.62. The lowest BCUT2D eigenvalue weighted by molar-refractivity contribution is -0.137. The summed E-state index contributed by atoms with van der Waals surface area (Å²) in [4.78, 5) is 8.58. The molecule has 1 aromatic heterocycles. The summed E-state index contributed by atoms with van der Waals surface area (Å²) in [5, 5.41) is 1.04. The lowest BCUT2D eigenvalue weighted by atomic mass is 9.88. The molecule has 3 aromatic rings. The Morgan fingerprint density at radius 3 is 2.38 bits per heavy atom. The van der Waals surface area contributed by atoms with E-state index in [-0.39, 0.29) is 11.8 Å². The van der Waals surface area contributed by atoms with Crippen molar-refractivity contribution in [3.8, 4) is 0 Å². The van der Waals surface area contributed by atoms with Crippen molar-refractivity contribution in [3.05, 3.63) is 93.6 Å². The number of rotatable bonds is 7. The van der Waals surface area contributed by atoms with Crippen LogP contribution < -0.4 is 4.90 Å². The average molecular weight is 508 g/mol. The molecule has 2 atom stereocenters. The van der Waals surface area contributed by atoms with Gasteiger partial charge in [0.15, 0.2) is 0 Å². The van der Waals surface area contributed by atoms with Gasteiger partial charge in [-0.25, -0.2) is 4.98 Å². The molecular weight excluding hydrogens is 482 g/mol. The molecule has 1 fully saturated rings. The highest BCUT2D eigenvalue weighted by molar-refractivity contribution is 6.42. The van der Waals surface area contributed by atoms with Crippen LogP contribution in [-0.2, 0) is 12.7 Å². The van der Waals surface area contributed by atoms with Crippen LogP contribution in [0.1, 0.15) is 29.5 Å². The fourth-order valence-corrected chi connectivity index (χ4v) is 4.95. The van der Waals surface area contributed by atoms with Crippen LogP contribution in [0, 0.1) is 5.92 Å². The van der Waals surface area contributed by atoms with Crippen molar-refractivity contribution in [2.75, 3.05) is 31.1 Å². The van der Waals surface area contributed by atoms with Crippen LogP contribution in [0.4, 0.5) is 19.0 Å². The molecule has 1 saturated heterocycles. The first kappa shape index (κ1) is 24.8. The molecule has 0 unspecified atom stereocenters. The Morgan fingerprint density at radius 2 is 1.76 bits per heavy atom. The Labute approximate surface area is 208 Å². The maximum Gasteiger partial charge on any atom is 0.417 e. The Bertz CT molecular complexity index is 1090. The molecule has 1 aliphatic rings. The summed E-state index contributed by atoms with van der Waals surface area (Å²) < 4.78 is 38.9. The van der Waals surface area contributed by atoms with Crippen molar-refractivity contribution in [1.29, 1.82) is 0 Å². The molecule has 0 amide bonds. The molecule has 2 aromatic carbocycles. The minimum absolute atomic E-state index is 0.210. The first-order valence-electron chi connectivity index (χ1n) is 11.2. The fourth-order valence-electron chi connectivity index (χ4n) is 4.65. The third-order valence-electron chi connectivity index (χ3n) is 6.37. The van der Waals surface area contributed by atoms with E-state index in [9.17, 15) is 13.2 Å². The van der Waals surface area contributed by atoms with Crippen LogP contribution >= 0.6 is 23.2 Å². The molecular formula is C26H26Cl2F3N3. The second kappa shape index (κ2) is 10.5. The van der Waals surface area contributed by atoms with Crippen molar-refractivity contribution in [1.82, 2.24) is 9.88 Å². The van der Waals surface area contributed by atoms with Crippen LogP contribution in [-0.4, -0.2) is 36.1 Å². The number of alkyl halides is 3.